The molecule has 0 atom stereocenters. The average molecular weight is 264 g/mol. The average Bonchev–Trinajstić information content (AvgIpc) is 3.31. The lowest BCUT2D eigenvalue weighted by Crippen LogP contribution is -2.46. The van der Waals surface area contributed by atoms with Crippen LogP contribution in [0.3, 0.4) is 0 Å². The SMILES string of the molecule is CCN(CC1CC1)CC1(CNC2CC2)CCCCC1. The van der Waals surface area contributed by atoms with Crippen molar-refractivity contribution in [2.24, 2.45) is 11.3 Å². The lowest BCUT2D eigenvalue weighted by molar-refractivity contribution is 0.102. The summed E-state index contributed by atoms with van der Waals surface area (Å²) in [6.07, 6.45) is 13.2. The molecule has 110 valence electrons. The van der Waals surface area contributed by atoms with Gasteiger partial charge in [0.2, 0.25) is 0 Å². The van der Waals surface area contributed by atoms with Crippen LogP contribution in [0.15, 0.2) is 0 Å². The molecule has 3 saturated carbocycles. The van der Waals surface area contributed by atoms with Crippen molar-refractivity contribution in [3.63, 3.8) is 0 Å². The third kappa shape index (κ3) is 4.19. The van der Waals surface area contributed by atoms with Gasteiger partial charge >= 0.3 is 0 Å². The summed E-state index contributed by atoms with van der Waals surface area (Å²) in [7, 11) is 0. The van der Waals surface area contributed by atoms with Crippen LogP contribution in [0.5, 0.6) is 0 Å². The highest BCUT2D eigenvalue weighted by Gasteiger charge is 2.36. The lowest BCUT2D eigenvalue weighted by Gasteiger charge is -2.41. The second-order valence-electron chi connectivity index (χ2n) is 7.49. The Morgan fingerprint density at radius 3 is 2.37 bits per heavy atom. The van der Waals surface area contributed by atoms with E-state index in [4.69, 9.17) is 0 Å². The zero-order valence-corrected chi connectivity index (χ0v) is 12.8. The summed E-state index contributed by atoms with van der Waals surface area (Å²) in [5.41, 5.74) is 0.603. The van der Waals surface area contributed by atoms with Crippen molar-refractivity contribution in [3.05, 3.63) is 0 Å². The number of hydrogen-bond donors (Lipinski definition) is 1. The number of nitrogens with one attached hydrogen (secondary N) is 1. The maximum Gasteiger partial charge on any atom is 0.00684 e. The van der Waals surface area contributed by atoms with E-state index in [0.29, 0.717) is 5.41 Å². The number of nitrogens with zero attached hydrogens (tertiary/aromatic N) is 1. The van der Waals surface area contributed by atoms with Gasteiger partial charge in [0.1, 0.15) is 0 Å². The summed E-state index contributed by atoms with van der Waals surface area (Å²) in [6.45, 7) is 7.63. The first kappa shape index (κ1) is 13.9. The van der Waals surface area contributed by atoms with Crippen molar-refractivity contribution in [2.75, 3.05) is 26.2 Å². The Bertz CT molecular complexity index is 275. The van der Waals surface area contributed by atoms with Crippen LogP contribution >= 0.6 is 0 Å². The summed E-state index contributed by atoms with van der Waals surface area (Å²) in [6, 6.07) is 0.873. The molecule has 0 aromatic carbocycles. The Morgan fingerprint density at radius 2 is 1.79 bits per heavy atom. The molecule has 2 heteroatoms. The molecular weight excluding hydrogens is 232 g/mol. The first-order chi connectivity index (χ1) is 9.30. The first-order valence-electron chi connectivity index (χ1n) is 8.75. The van der Waals surface area contributed by atoms with E-state index in [1.165, 1.54) is 84.0 Å². The summed E-state index contributed by atoms with van der Waals surface area (Å²) in [5, 5.41) is 3.84. The van der Waals surface area contributed by atoms with E-state index in [0.717, 1.165) is 12.0 Å². The number of hydrogen-bond acceptors (Lipinski definition) is 2. The van der Waals surface area contributed by atoms with E-state index in [-0.39, 0.29) is 0 Å². The van der Waals surface area contributed by atoms with Crippen LogP contribution in [0.1, 0.15) is 64.7 Å². The number of rotatable bonds is 8. The van der Waals surface area contributed by atoms with Gasteiger partial charge in [-0.3, -0.25) is 0 Å². The molecule has 0 radical (unpaired) electrons. The monoisotopic (exact) mass is 264 g/mol. The Labute approximate surface area is 119 Å². The highest BCUT2D eigenvalue weighted by Crippen LogP contribution is 2.38. The van der Waals surface area contributed by atoms with Crippen LogP contribution in [0, 0.1) is 11.3 Å². The molecule has 3 fully saturated rings. The first-order valence-corrected chi connectivity index (χ1v) is 8.75. The zero-order chi connectivity index (χ0) is 13.1. The van der Waals surface area contributed by atoms with Gasteiger partial charge in [-0.25, -0.2) is 0 Å². The van der Waals surface area contributed by atoms with Crippen molar-refractivity contribution in [3.8, 4) is 0 Å². The van der Waals surface area contributed by atoms with E-state index in [1.807, 2.05) is 0 Å². The topological polar surface area (TPSA) is 15.3 Å². The zero-order valence-electron chi connectivity index (χ0n) is 12.8. The Kier molecular flexibility index (Phi) is 4.48. The van der Waals surface area contributed by atoms with Gasteiger partial charge in [-0.15, -0.1) is 0 Å². The molecule has 3 aliphatic carbocycles. The van der Waals surface area contributed by atoms with Gasteiger partial charge in [-0.1, -0.05) is 26.2 Å². The quantitative estimate of drug-likeness (QED) is 0.722. The molecule has 3 aliphatic rings. The molecule has 0 aromatic heterocycles. The fourth-order valence-corrected chi connectivity index (χ4v) is 3.79. The van der Waals surface area contributed by atoms with Gasteiger partial charge in [0.15, 0.2) is 0 Å². The van der Waals surface area contributed by atoms with E-state index >= 15 is 0 Å². The standard InChI is InChI=1S/C17H32N2/c1-2-19(12-15-6-7-15)14-17(10-4-3-5-11-17)13-18-16-8-9-16/h15-16,18H,2-14H2,1H3. The predicted octanol–water partition coefficient (Wildman–Crippen LogP) is 3.42. The molecule has 0 amide bonds. The maximum atomic E-state index is 3.84. The van der Waals surface area contributed by atoms with Crippen LogP contribution in [-0.2, 0) is 0 Å². The van der Waals surface area contributed by atoms with Gasteiger partial charge < -0.3 is 10.2 Å². The van der Waals surface area contributed by atoms with E-state index in [2.05, 4.69) is 17.1 Å². The molecule has 0 saturated heterocycles. The van der Waals surface area contributed by atoms with Crippen LogP contribution in [0.25, 0.3) is 0 Å². The van der Waals surface area contributed by atoms with Gasteiger partial charge in [-0.2, -0.15) is 0 Å². The van der Waals surface area contributed by atoms with Crippen LogP contribution in [-0.4, -0.2) is 37.1 Å². The van der Waals surface area contributed by atoms with Gasteiger partial charge in [-0.05, 0) is 56.4 Å². The third-order valence-corrected chi connectivity index (χ3v) is 5.48. The highest BCUT2D eigenvalue weighted by molar-refractivity contribution is 4.92. The normalized spacial score (nSPS) is 26.8. The molecule has 0 bridgehead atoms. The van der Waals surface area contributed by atoms with Crippen molar-refractivity contribution >= 4 is 0 Å². The molecular formula is C17H32N2. The fraction of sp³-hybridized carbons (Fsp3) is 1.00. The molecule has 0 unspecified atom stereocenters. The minimum absolute atomic E-state index is 0.603. The molecule has 19 heavy (non-hydrogen) atoms. The Balaban J connectivity index is 1.55. The summed E-state index contributed by atoms with van der Waals surface area (Å²) < 4.78 is 0. The van der Waals surface area contributed by atoms with Crippen molar-refractivity contribution < 1.29 is 0 Å². The van der Waals surface area contributed by atoms with Crippen molar-refractivity contribution in [2.45, 2.75) is 70.8 Å². The molecule has 0 spiro atoms. The van der Waals surface area contributed by atoms with Crippen LogP contribution < -0.4 is 5.32 Å². The fourth-order valence-electron chi connectivity index (χ4n) is 3.79. The maximum absolute atomic E-state index is 3.84. The second kappa shape index (κ2) is 6.13. The third-order valence-electron chi connectivity index (χ3n) is 5.48. The molecule has 3 rings (SSSR count). The Morgan fingerprint density at radius 1 is 1.05 bits per heavy atom. The minimum Gasteiger partial charge on any atom is -0.313 e. The predicted molar refractivity (Wildman–Crippen MR) is 81.4 cm³/mol. The largest absolute Gasteiger partial charge is 0.313 e. The van der Waals surface area contributed by atoms with Crippen LogP contribution in [0.4, 0.5) is 0 Å². The van der Waals surface area contributed by atoms with E-state index in [1.54, 1.807) is 0 Å². The van der Waals surface area contributed by atoms with E-state index < -0.39 is 0 Å². The minimum atomic E-state index is 0.603. The van der Waals surface area contributed by atoms with Gasteiger partial charge in [0, 0.05) is 25.7 Å². The van der Waals surface area contributed by atoms with Gasteiger partial charge in [0.05, 0.1) is 0 Å². The summed E-state index contributed by atoms with van der Waals surface area (Å²) in [4.78, 5) is 2.76. The van der Waals surface area contributed by atoms with Gasteiger partial charge in [0.25, 0.3) is 0 Å². The van der Waals surface area contributed by atoms with Crippen molar-refractivity contribution in [1.29, 1.82) is 0 Å². The van der Waals surface area contributed by atoms with Crippen molar-refractivity contribution in [1.82, 2.24) is 10.2 Å². The summed E-state index contributed by atoms with van der Waals surface area (Å²) >= 11 is 0. The summed E-state index contributed by atoms with van der Waals surface area (Å²) in [5.74, 6) is 1.04. The lowest BCUT2D eigenvalue weighted by atomic mass is 9.73. The Hall–Kier alpha value is -0.0800. The molecule has 2 nitrogen and oxygen atoms in total. The molecule has 0 heterocycles. The molecule has 0 aliphatic heterocycles. The second-order valence-corrected chi connectivity index (χ2v) is 7.49. The highest BCUT2D eigenvalue weighted by atomic mass is 15.1. The van der Waals surface area contributed by atoms with E-state index in [9.17, 15) is 0 Å². The van der Waals surface area contributed by atoms with Crippen LogP contribution in [0.2, 0.25) is 0 Å². The smallest absolute Gasteiger partial charge is 0.00684 e. The molecule has 0 aromatic rings. The molecule has 1 N–H and O–H groups in total.